The van der Waals surface area contributed by atoms with Crippen molar-refractivity contribution in [3.63, 3.8) is 0 Å². The van der Waals surface area contributed by atoms with Crippen molar-refractivity contribution in [3.8, 4) is 23.3 Å². The van der Waals surface area contributed by atoms with Crippen LogP contribution in [0.25, 0.3) is 11.5 Å². The fourth-order valence-electron chi connectivity index (χ4n) is 1.72. The molecule has 0 saturated carbocycles. The summed E-state index contributed by atoms with van der Waals surface area (Å²) in [4.78, 5) is 4.15. The van der Waals surface area contributed by atoms with Gasteiger partial charge in [-0.25, -0.2) is 4.98 Å². The maximum atomic E-state index is 8.84. The van der Waals surface area contributed by atoms with Gasteiger partial charge in [-0.05, 0) is 48.2 Å². The number of rotatable bonds is 4. The summed E-state index contributed by atoms with van der Waals surface area (Å²) in [6.45, 7) is 0. The summed E-state index contributed by atoms with van der Waals surface area (Å²) < 4.78 is 10.7. The van der Waals surface area contributed by atoms with E-state index in [4.69, 9.17) is 14.4 Å². The van der Waals surface area contributed by atoms with Gasteiger partial charge >= 0.3 is 0 Å². The summed E-state index contributed by atoms with van der Waals surface area (Å²) >= 11 is 1.21. The van der Waals surface area contributed by atoms with E-state index in [1.165, 1.54) is 11.8 Å². The fourth-order valence-corrected chi connectivity index (χ4v) is 2.40. The SMILES string of the molecule is COc1ccc(-c2nnc(Sc3cccc(C#N)n3)o2)cc1. The van der Waals surface area contributed by atoms with Crippen molar-refractivity contribution in [2.24, 2.45) is 0 Å². The highest BCUT2D eigenvalue weighted by Crippen LogP contribution is 2.28. The quantitative estimate of drug-likeness (QED) is 0.731. The van der Waals surface area contributed by atoms with Crippen LogP contribution in [-0.4, -0.2) is 22.3 Å². The number of methoxy groups -OCH3 is 1. The van der Waals surface area contributed by atoms with Gasteiger partial charge in [-0.3, -0.25) is 0 Å². The number of nitriles is 1. The molecule has 2 heterocycles. The largest absolute Gasteiger partial charge is 0.497 e. The number of nitrogens with zero attached hydrogens (tertiary/aromatic N) is 4. The van der Waals surface area contributed by atoms with E-state index < -0.39 is 0 Å². The van der Waals surface area contributed by atoms with E-state index in [0.717, 1.165) is 11.3 Å². The summed E-state index contributed by atoms with van der Waals surface area (Å²) in [6.07, 6.45) is 0. The molecule has 0 aliphatic heterocycles. The van der Waals surface area contributed by atoms with Crippen LogP contribution in [0.1, 0.15) is 5.69 Å². The lowest BCUT2D eigenvalue weighted by Gasteiger charge is -1.99. The maximum Gasteiger partial charge on any atom is 0.283 e. The molecule has 0 unspecified atom stereocenters. The van der Waals surface area contributed by atoms with Crippen LogP contribution in [-0.2, 0) is 0 Å². The Bertz CT molecular complexity index is 824. The zero-order valence-electron chi connectivity index (χ0n) is 11.6. The Labute approximate surface area is 130 Å². The minimum absolute atomic E-state index is 0.347. The van der Waals surface area contributed by atoms with Crippen molar-refractivity contribution in [1.82, 2.24) is 15.2 Å². The second kappa shape index (κ2) is 6.28. The summed E-state index contributed by atoms with van der Waals surface area (Å²) in [5, 5.41) is 17.8. The highest BCUT2D eigenvalue weighted by Gasteiger charge is 2.11. The smallest absolute Gasteiger partial charge is 0.283 e. The lowest BCUT2D eigenvalue weighted by atomic mass is 10.2. The standard InChI is InChI=1S/C15H10N4O2S/c1-20-12-7-5-10(6-8-12)14-18-19-15(21-14)22-13-4-2-3-11(9-16)17-13/h2-8H,1H3. The monoisotopic (exact) mass is 310 g/mol. The van der Waals surface area contributed by atoms with E-state index in [9.17, 15) is 0 Å². The van der Waals surface area contributed by atoms with E-state index >= 15 is 0 Å². The molecule has 6 nitrogen and oxygen atoms in total. The highest BCUT2D eigenvalue weighted by molar-refractivity contribution is 7.99. The highest BCUT2D eigenvalue weighted by atomic mass is 32.2. The Kier molecular flexibility index (Phi) is 4.03. The molecule has 22 heavy (non-hydrogen) atoms. The molecule has 2 aromatic heterocycles. The number of aromatic nitrogens is 3. The molecule has 1 aromatic carbocycles. The first-order valence-electron chi connectivity index (χ1n) is 6.31. The lowest BCUT2D eigenvalue weighted by Crippen LogP contribution is -1.84. The molecule has 0 amide bonds. The Morgan fingerprint density at radius 2 is 1.95 bits per heavy atom. The molecule has 0 radical (unpaired) electrons. The van der Waals surface area contributed by atoms with Gasteiger partial charge in [0.15, 0.2) is 0 Å². The average Bonchev–Trinajstić information content (AvgIpc) is 3.03. The van der Waals surface area contributed by atoms with Crippen molar-refractivity contribution in [3.05, 3.63) is 48.2 Å². The fraction of sp³-hybridized carbons (Fsp3) is 0.0667. The number of benzene rings is 1. The topological polar surface area (TPSA) is 84.8 Å². The summed E-state index contributed by atoms with van der Waals surface area (Å²) in [7, 11) is 1.61. The molecule has 0 atom stereocenters. The van der Waals surface area contributed by atoms with E-state index in [1.807, 2.05) is 30.3 Å². The molecule has 108 valence electrons. The first-order chi connectivity index (χ1) is 10.8. The van der Waals surface area contributed by atoms with Crippen LogP contribution in [0.2, 0.25) is 0 Å². The summed E-state index contributed by atoms with van der Waals surface area (Å²) in [5.41, 5.74) is 1.15. The van der Waals surface area contributed by atoms with Gasteiger partial charge in [-0.15, -0.1) is 10.2 Å². The van der Waals surface area contributed by atoms with Crippen molar-refractivity contribution < 1.29 is 9.15 Å². The van der Waals surface area contributed by atoms with Crippen molar-refractivity contribution >= 4 is 11.8 Å². The summed E-state index contributed by atoms with van der Waals surface area (Å²) in [6, 6.07) is 14.5. The predicted molar refractivity (Wildman–Crippen MR) is 79.4 cm³/mol. The molecule has 0 bridgehead atoms. The minimum atomic E-state index is 0.347. The normalized spacial score (nSPS) is 10.2. The van der Waals surface area contributed by atoms with Crippen LogP contribution in [0.5, 0.6) is 5.75 Å². The minimum Gasteiger partial charge on any atom is -0.497 e. The van der Waals surface area contributed by atoms with Gasteiger partial charge in [-0.2, -0.15) is 5.26 Å². The van der Waals surface area contributed by atoms with Gasteiger partial charge in [0.2, 0.25) is 5.89 Å². The van der Waals surface area contributed by atoms with Gasteiger partial charge in [0.1, 0.15) is 22.5 Å². The summed E-state index contributed by atoms with van der Waals surface area (Å²) in [5.74, 6) is 1.18. The molecule has 3 rings (SSSR count). The maximum absolute atomic E-state index is 8.84. The van der Waals surface area contributed by atoms with Crippen LogP contribution >= 0.6 is 11.8 Å². The Hall–Kier alpha value is -2.85. The van der Waals surface area contributed by atoms with Crippen molar-refractivity contribution in [1.29, 1.82) is 5.26 Å². The van der Waals surface area contributed by atoms with E-state index in [-0.39, 0.29) is 0 Å². The number of ether oxygens (including phenoxy) is 1. The molecule has 0 saturated heterocycles. The molecule has 0 aliphatic rings. The molecular weight excluding hydrogens is 300 g/mol. The zero-order valence-corrected chi connectivity index (χ0v) is 12.4. The number of hydrogen-bond acceptors (Lipinski definition) is 7. The second-order valence-electron chi connectivity index (χ2n) is 4.18. The zero-order chi connectivity index (χ0) is 15.4. The van der Waals surface area contributed by atoms with Crippen LogP contribution in [0, 0.1) is 11.3 Å². The Morgan fingerprint density at radius 3 is 2.68 bits per heavy atom. The predicted octanol–water partition coefficient (Wildman–Crippen LogP) is 3.16. The van der Waals surface area contributed by atoms with Crippen LogP contribution in [0.15, 0.2) is 57.1 Å². The van der Waals surface area contributed by atoms with E-state index in [0.29, 0.717) is 21.8 Å². The third-order valence-electron chi connectivity index (χ3n) is 2.77. The first kappa shape index (κ1) is 14.1. The van der Waals surface area contributed by atoms with Gasteiger partial charge in [0.25, 0.3) is 5.22 Å². The Balaban J connectivity index is 1.79. The van der Waals surface area contributed by atoms with Gasteiger partial charge in [0.05, 0.1) is 7.11 Å². The number of hydrogen-bond donors (Lipinski definition) is 0. The van der Waals surface area contributed by atoms with E-state index in [1.54, 1.807) is 25.3 Å². The van der Waals surface area contributed by atoms with Crippen molar-refractivity contribution in [2.75, 3.05) is 7.11 Å². The second-order valence-corrected chi connectivity index (χ2v) is 5.15. The molecule has 0 N–H and O–H groups in total. The third kappa shape index (κ3) is 3.07. The average molecular weight is 310 g/mol. The van der Waals surface area contributed by atoms with Crippen LogP contribution in [0.3, 0.4) is 0 Å². The van der Waals surface area contributed by atoms with Gasteiger partial charge in [0, 0.05) is 5.56 Å². The molecule has 7 heteroatoms. The Morgan fingerprint density at radius 1 is 1.14 bits per heavy atom. The van der Waals surface area contributed by atoms with Crippen LogP contribution < -0.4 is 4.74 Å². The first-order valence-corrected chi connectivity index (χ1v) is 7.13. The molecular formula is C15H10N4O2S. The molecule has 0 aliphatic carbocycles. The third-order valence-corrected chi connectivity index (χ3v) is 3.55. The molecule has 0 fully saturated rings. The van der Waals surface area contributed by atoms with Gasteiger partial charge in [-0.1, -0.05) is 6.07 Å². The lowest BCUT2D eigenvalue weighted by molar-refractivity contribution is 0.414. The molecule has 3 aromatic rings. The molecule has 0 spiro atoms. The van der Waals surface area contributed by atoms with Crippen LogP contribution in [0.4, 0.5) is 0 Å². The van der Waals surface area contributed by atoms with Gasteiger partial charge < -0.3 is 9.15 Å². The number of pyridine rings is 1. The van der Waals surface area contributed by atoms with E-state index in [2.05, 4.69) is 15.2 Å². The van der Waals surface area contributed by atoms with Crippen molar-refractivity contribution in [2.45, 2.75) is 10.2 Å².